The van der Waals surface area contributed by atoms with Crippen molar-refractivity contribution in [1.82, 2.24) is 9.97 Å². The molecule has 3 aliphatic rings. The molecule has 1 aliphatic carbocycles. The Hall–Kier alpha value is -2.32. The van der Waals surface area contributed by atoms with Gasteiger partial charge in [0.2, 0.25) is 5.88 Å². The predicted molar refractivity (Wildman–Crippen MR) is 104 cm³/mol. The second kappa shape index (κ2) is 7.50. The van der Waals surface area contributed by atoms with E-state index >= 15 is 4.39 Å². The molecule has 2 bridgehead atoms. The number of rotatable bonds is 6. The summed E-state index contributed by atoms with van der Waals surface area (Å²) < 4.78 is 31.7. The van der Waals surface area contributed by atoms with Crippen LogP contribution in [0.25, 0.3) is 11.0 Å². The lowest BCUT2D eigenvalue weighted by molar-refractivity contribution is -0.167. The number of nitrogens with two attached hydrogens (primary N) is 1. The van der Waals surface area contributed by atoms with Crippen LogP contribution in [0.5, 0.6) is 5.88 Å². The molecule has 0 spiro atoms. The fourth-order valence-electron chi connectivity index (χ4n) is 4.46. The standard InChI is InChI=1S/C21H26FN3O4/c1-3-28-19(26)13(10-21-8-6-20(23,7-9-21)12-29-21)17-14(22)11-24-15-4-5-16(27-2)25-18(15)17/h4-5,11,13H,3,6-10,12,23H2,1-2H3. The zero-order valence-corrected chi connectivity index (χ0v) is 16.7. The number of nitrogens with zero attached hydrogens (tertiary/aromatic N) is 2. The van der Waals surface area contributed by atoms with Crippen LogP contribution in [0.4, 0.5) is 4.39 Å². The highest BCUT2D eigenvalue weighted by molar-refractivity contribution is 5.87. The van der Waals surface area contributed by atoms with E-state index in [0.29, 0.717) is 29.9 Å². The molecule has 1 atom stereocenters. The van der Waals surface area contributed by atoms with E-state index in [1.165, 1.54) is 7.11 Å². The van der Waals surface area contributed by atoms with E-state index in [4.69, 9.17) is 19.9 Å². The number of hydrogen-bond acceptors (Lipinski definition) is 7. The Morgan fingerprint density at radius 3 is 2.72 bits per heavy atom. The number of esters is 1. The molecule has 0 amide bonds. The average Bonchev–Trinajstić information content (AvgIpc) is 2.73. The summed E-state index contributed by atoms with van der Waals surface area (Å²) in [5.74, 6) is -1.61. The highest BCUT2D eigenvalue weighted by Crippen LogP contribution is 2.48. The average molecular weight is 403 g/mol. The van der Waals surface area contributed by atoms with Crippen LogP contribution in [0, 0.1) is 5.82 Å². The van der Waals surface area contributed by atoms with E-state index in [2.05, 4.69) is 9.97 Å². The Labute approximate surface area is 168 Å². The molecule has 0 radical (unpaired) electrons. The molecule has 3 fully saturated rings. The third-order valence-corrected chi connectivity index (χ3v) is 6.21. The first-order valence-electron chi connectivity index (χ1n) is 9.97. The summed E-state index contributed by atoms with van der Waals surface area (Å²) in [5, 5.41) is 0. The van der Waals surface area contributed by atoms with Gasteiger partial charge in [0, 0.05) is 17.2 Å². The van der Waals surface area contributed by atoms with Gasteiger partial charge in [-0.05, 0) is 45.1 Å². The van der Waals surface area contributed by atoms with E-state index < -0.39 is 23.3 Å². The fourth-order valence-corrected chi connectivity index (χ4v) is 4.46. The first-order chi connectivity index (χ1) is 13.9. The molecule has 7 nitrogen and oxygen atoms in total. The van der Waals surface area contributed by atoms with E-state index in [9.17, 15) is 4.79 Å². The lowest BCUT2D eigenvalue weighted by Gasteiger charge is -2.52. The lowest BCUT2D eigenvalue weighted by Crippen LogP contribution is -2.60. The van der Waals surface area contributed by atoms with Gasteiger partial charge < -0.3 is 19.9 Å². The molecule has 1 unspecified atom stereocenters. The number of ether oxygens (including phenoxy) is 3. The van der Waals surface area contributed by atoms with E-state index in [-0.39, 0.29) is 17.7 Å². The van der Waals surface area contributed by atoms with Crippen molar-refractivity contribution in [2.75, 3.05) is 20.3 Å². The lowest BCUT2D eigenvalue weighted by atomic mass is 9.68. The van der Waals surface area contributed by atoms with E-state index in [1.54, 1.807) is 19.1 Å². The van der Waals surface area contributed by atoms with Gasteiger partial charge in [-0.3, -0.25) is 9.78 Å². The summed E-state index contributed by atoms with van der Waals surface area (Å²) in [7, 11) is 1.49. The third-order valence-electron chi connectivity index (χ3n) is 6.21. The molecule has 2 aromatic heterocycles. The smallest absolute Gasteiger partial charge is 0.313 e. The minimum absolute atomic E-state index is 0.181. The van der Waals surface area contributed by atoms with Crippen molar-refractivity contribution in [2.45, 2.75) is 56.1 Å². The van der Waals surface area contributed by atoms with Crippen molar-refractivity contribution >= 4 is 17.0 Å². The summed E-state index contributed by atoms with van der Waals surface area (Å²) in [5.41, 5.74) is 6.50. The molecule has 29 heavy (non-hydrogen) atoms. The van der Waals surface area contributed by atoms with Crippen LogP contribution in [0.15, 0.2) is 18.3 Å². The van der Waals surface area contributed by atoms with Crippen LogP contribution < -0.4 is 10.5 Å². The summed E-state index contributed by atoms with van der Waals surface area (Å²) in [6, 6.07) is 3.35. The topological polar surface area (TPSA) is 96.6 Å². The molecule has 2 aromatic rings. The zero-order chi connectivity index (χ0) is 20.6. The van der Waals surface area contributed by atoms with Gasteiger partial charge in [-0.1, -0.05) is 0 Å². The Bertz CT molecular complexity index is 911. The molecule has 2 N–H and O–H groups in total. The molecular formula is C21H26FN3O4. The molecule has 2 saturated heterocycles. The van der Waals surface area contributed by atoms with Crippen molar-refractivity contribution in [2.24, 2.45) is 5.73 Å². The quantitative estimate of drug-likeness (QED) is 0.741. The van der Waals surface area contributed by atoms with E-state index in [1.807, 2.05) is 0 Å². The Morgan fingerprint density at radius 1 is 1.34 bits per heavy atom. The summed E-state index contributed by atoms with van der Waals surface area (Å²) in [6.45, 7) is 2.39. The highest BCUT2D eigenvalue weighted by Gasteiger charge is 2.50. The SMILES string of the molecule is CCOC(=O)C(CC12CCC(N)(CC1)CO2)c1c(F)cnc2ccc(OC)nc12. The van der Waals surface area contributed by atoms with Crippen LogP contribution >= 0.6 is 0 Å². The summed E-state index contributed by atoms with van der Waals surface area (Å²) in [6.07, 6.45) is 4.57. The van der Waals surface area contributed by atoms with Gasteiger partial charge in [0.05, 0.1) is 49.1 Å². The molecule has 4 heterocycles. The van der Waals surface area contributed by atoms with Crippen molar-refractivity contribution in [3.8, 4) is 5.88 Å². The Balaban J connectivity index is 1.78. The number of halogens is 1. The molecule has 2 aliphatic heterocycles. The zero-order valence-electron chi connectivity index (χ0n) is 16.7. The maximum Gasteiger partial charge on any atom is 0.313 e. The monoisotopic (exact) mass is 403 g/mol. The summed E-state index contributed by atoms with van der Waals surface area (Å²) in [4.78, 5) is 21.5. The van der Waals surface area contributed by atoms with Gasteiger partial charge in [-0.25, -0.2) is 9.37 Å². The molecule has 1 saturated carbocycles. The third kappa shape index (κ3) is 3.67. The molecular weight excluding hydrogens is 377 g/mol. The van der Waals surface area contributed by atoms with Crippen LogP contribution in [-0.4, -0.2) is 47.4 Å². The van der Waals surface area contributed by atoms with Crippen LogP contribution in [0.2, 0.25) is 0 Å². The fraction of sp³-hybridized carbons (Fsp3) is 0.571. The maximum absolute atomic E-state index is 15.0. The van der Waals surface area contributed by atoms with Gasteiger partial charge in [0.15, 0.2) is 0 Å². The molecule has 8 heteroatoms. The van der Waals surface area contributed by atoms with Crippen LogP contribution in [0.3, 0.4) is 0 Å². The number of aromatic nitrogens is 2. The maximum atomic E-state index is 15.0. The van der Waals surface area contributed by atoms with Crippen molar-refractivity contribution in [1.29, 1.82) is 0 Å². The van der Waals surface area contributed by atoms with Gasteiger partial charge in [0.1, 0.15) is 5.82 Å². The van der Waals surface area contributed by atoms with Gasteiger partial charge in [-0.15, -0.1) is 0 Å². The highest BCUT2D eigenvalue weighted by atomic mass is 19.1. The normalized spacial score (nSPS) is 27.0. The number of pyridine rings is 2. The molecule has 0 aromatic carbocycles. The number of carbonyl (C=O) groups excluding carboxylic acids is 1. The van der Waals surface area contributed by atoms with Crippen LogP contribution in [-0.2, 0) is 14.3 Å². The molecule has 156 valence electrons. The minimum atomic E-state index is -0.858. The number of methoxy groups -OCH3 is 1. The predicted octanol–water partition coefficient (Wildman–Crippen LogP) is 2.85. The number of fused-ring (bicyclic) bond motifs is 4. The second-order valence-corrected chi connectivity index (χ2v) is 8.08. The second-order valence-electron chi connectivity index (χ2n) is 8.08. The number of hydrogen-bond donors (Lipinski definition) is 1. The minimum Gasteiger partial charge on any atom is -0.481 e. The number of carbonyl (C=O) groups is 1. The van der Waals surface area contributed by atoms with Gasteiger partial charge >= 0.3 is 5.97 Å². The van der Waals surface area contributed by atoms with Crippen LogP contribution in [0.1, 0.15) is 50.5 Å². The van der Waals surface area contributed by atoms with Gasteiger partial charge in [0.25, 0.3) is 0 Å². The first kappa shape index (κ1) is 20.0. The van der Waals surface area contributed by atoms with E-state index in [0.717, 1.165) is 31.9 Å². The van der Waals surface area contributed by atoms with Crippen molar-refractivity contribution in [3.05, 3.63) is 29.7 Å². The summed E-state index contributed by atoms with van der Waals surface area (Å²) >= 11 is 0. The Kier molecular flexibility index (Phi) is 5.16. The van der Waals surface area contributed by atoms with Crippen molar-refractivity contribution < 1.29 is 23.4 Å². The first-order valence-corrected chi connectivity index (χ1v) is 9.97. The van der Waals surface area contributed by atoms with Crippen molar-refractivity contribution in [3.63, 3.8) is 0 Å². The largest absolute Gasteiger partial charge is 0.481 e. The van der Waals surface area contributed by atoms with Gasteiger partial charge in [-0.2, -0.15) is 0 Å². The Morgan fingerprint density at radius 2 is 2.10 bits per heavy atom. The molecule has 5 rings (SSSR count).